The number of H-pyrrole nitrogens is 1. The predicted octanol–water partition coefficient (Wildman–Crippen LogP) is 1.57. The molecule has 2 rings (SSSR count). The largest absolute Gasteiger partial charge is 0.313 e. The van der Waals surface area contributed by atoms with E-state index in [1.54, 1.807) is 18.2 Å². The second-order valence-corrected chi connectivity index (χ2v) is 7.12. The minimum absolute atomic E-state index is 0.00737. The summed E-state index contributed by atoms with van der Waals surface area (Å²) in [6, 6.07) is 5.90. The molecule has 6 nitrogen and oxygen atoms in total. The number of carbonyl (C=O) groups is 1. The van der Waals surface area contributed by atoms with E-state index in [2.05, 4.69) is 4.98 Å². The van der Waals surface area contributed by atoms with Crippen molar-refractivity contribution >= 4 is 35.0 Å². The molecule has 0 radical (unpaired) electrons. The SMILES string of the molecule is CC(C)(C)C(=O)/C=c1\[nH]c(=O)/c(=C\c2ccc([N+](=O)[O-])cc2)s1. The molecular formula is C16H16N2O4S. The van der Waals surface area contributed by atoms with Crippen LogP contribution in [0.1, 0.15) is 26.3 Å². The van der Waals surface area contributed by atoms with E-state index in [1.165, 1.54) is 29.5 Å². The first-order valence-electron chi connectivity index (χ1n) is 6.88. The van der Waals surface area contributed by atoms with E-state index < -0.39 is 10.3 Å². The Hall–Kier alpha value is -2.54. The van der Waals surface area contributed by atoms with Gasteiger partial charge in [0.15, 0.2) is 5.78 Å². The van der Waals surface area contributed by atoms with E-state index in [9.17, 15) is 19.7 Å². The van der Waals surface area contributed by atoms with E-state index in [1.807, 2.05) is 20.8 Å². The third kappa shape index (κ3) is 4.23. The molecule has 1 aromatic carbocycles. The summed E-state index contributed by atoms with van der Waals surface area (Å²) >= 11 is 1.18. The van der Waals surface area contributed by atoms with Gasteiger partial charge in [0.05, 0.1) is 14.1 Å². The second kappa shape index (κ2) is 6.29. The van der Waals surface area contributed by atoms with Gasteiger partial charge in [-0.3, -0.25) is 19.7 Å². The molecule has 23 heavy (non-hydrogen) atoms. The second-order valence-electron chi connectivity index (χ2n) is 6.04. The van der Waals surface area contributed by atoms with Crippen LogP contribution in [0.4, 0.5) is 5.69 Å². The van der Waals surface area contributed by atoms with Crippen molar-refractivity contribution in [1.82, 2.24) is 4.98 Å². The number of non-ortho nitro benzene ring substituents is 1. The van der Waals surface area contributed by atoms with Gasteiger partial charge in [0, 0.05) is 23.6 Å². The molecule has 0 bridgehead atoms. The van der Waals surface area contributed by atoms with E-state index in [4.69, 9.17) is 0 Å². The molecule has 0 amide bonds. The smallest absolute Gasteiger partial charge is 0.269 e. The van der Waals surface area contributed by atoms with Crippen LogP contribution in [-0.2, 0) is 4.79 Å². The van der Waals surface area contributed by atoms with Crippen LogP contribution < -0.4 is 14.8 Å². The monoisotopic (exact) mass is 332 g/mol. The van der Waals surface area contributed by atoms with Gasteiger partial charge >= 0.3 is 0 Å². The normalized spacial score (nSPS) is 13.3. The van der Waals surface area contributed by atoms with Gasteiger partial charge in [-0.25, -0.2) is 0 Å². The van der Waals surface area contributed by atoms with Gasteiger partial charge in [0.25, 0.3) is 11.2 Å². The third-order valence-electron chi connectivity index (χ3n) is 3.08. The summed E-state index contributed by atoms with van der Waals surface area (Å²) in [4.78, 5) is 36.7. The van der Waals surface area contributed by atoms with Crippen molar-refractivity contribution in [3.63, 3.8) is 0 Å². The Labute approximate surface area is 135 Å². The molecular weight excluding hydrogens is 316 g/mol. The Balaban J connectivity index is 2.42. The van der Waals surface area contributed by atoms with Crippen LogP contribution in [0.5, 0.6) is 0 Å². The molecule has 1 N–H and O–H groups in total. The van der Waals surface area contributed by atoms with Crippen LogP contribution in [0.15, 0.2) is 29.1 Å². The quantitative estimate of drug-likeness (QED) is 0.682. The number of nitro benzene ring substituents is 1. The molecule has 0 aliphatic heterocycles. The van der Waals surface area contributed by atoms with Gasteiger partial charge in [-0.05, 0) is 23.8 Å². The van der Waals surface area contributed by atoms with Gasteiger partial charge in [-0.1, -0.05) is 20.8 Å². The van der Waals surface area contributed by atoms with E-state index in [0.29, 0.717) is 14.8 Å². The van der Waals surface area contributed by atoms with E-state index in [-0.39, 0.29) is 17.0 Å². The van der Waals surface area contributed by atoms with Gasteiger partial charge < -0.3 is 4.98 Å². The average Bonchev–Trinajstić information content (AvgIpc) is 2.78. The first-order valence-corrected chi connectivity index (χ1v) is 7.70. The Morgan fingerprint density at radius 3 is 2.39 bits per heavy atom. The summed E-state index contributed by atoms with van der Waals surface area (Å²) in [6.07, 6.45) is 3.06. The first kappa shape index (κ1) is 16.8. The highest BCUT2D eigenvalue weighted by molar-refractivity contribution is 7.07. The van der Waals surface area contributed by atoms with E-state index >= 15 is 0 Å². The number of thiazole rings is 1. The fourth-order valence-electron chi connectivity index (χ4n) is 1.70. The van der Waals surface area contributed by atoms with E-state index in [0.717, 1.165) is 0 Å². The lowest BCUT2D eigenvalue weighted by molar-refractivity contribution is -0.384. The number of aromatic nitrogens is 1. The maximum atomic E-state index is 12.0. The molecule has 1 aromatic heterocycles. The Bertz CT molecular complexity index is 915. The number of hydrogen-bond acceptors (Lipinski definition) is 5. The molecule has 0 saturated carbocycles. The zero-order chi connectivity index (χ0) is 17.2. The molecule has 7 heteroatoms. The van der Waals surface area contributed by atoms with Crippen molar-refractivity contribution in [2.24, 2.45) is 5.41 Å². The van der Waals surface area contributed by atoms with Crippen LogP contribution in [0, 0.1) is 15.5 Å². The van der Waals surface area contributed by atoms with Crippen molar-refractivity contribution in [1.29, 1.82) is 0 Å². The Morgan fingerprint density at radius 1 is 1.26 bits per heavy atom. The van der Waals surface area contributed by atoms with Crippen LogP contribution in [0.25, 0.3) is 12.2 Å². The average molecular weight is 332 g/mol. The summed E-state index contributed by atoms with van der Waals surface area (Å²) in [5, 5.41) is 10.6. The number of nitro groups is 1. The number of aromatic amines is 1. The number of rotatable bonds is 3. The lowest BCUT2D eigenvalue weighted by atomic mass is 9.91. The van der Waals surface area contributed by atoms with Crippen molar-refractivity contribution in [3.05, 3.63) is 59.5 Å². The number of Topliss-reactive ketones (excluding diaryl/α,β-unsaturated/α-hetero) is 1. The highest BCUT2D eigenvalue weighted by atomic mass is 32.1. The Morgan fingerprint density at radius 2 is 1.87 bits per heavy atom. The molecule has 2 aromatic rings. The minimum Gasteiger partial charge on any atom is -0.313 e. The molecule has 0 fully saturated rings. The molecule has 0 atom stereocenters. The first-order chi connectivity index (χ1) is 10.7. The number of hydrogen-bond donors (Lipinski definition) is 1. The molecule has 0 aliphatic rings. The number of nitrogens with zero attached hydrogens (tertiary/aromatic N) is 1. The van der Waals surface area contributed by atoms with Gasteiger partial charge in [-0.2, -0.15) is 0 Å². The summed E-state index contributed by atoms with van der Waals surface area (Å²) in [5.74, 6) is -0.0723. The zero-order valence-electron chi connectivity index (χ0n) is 13.0. The van der Waals surface area contributed by atoms with Crippen molar-refractivity contribution in [2.45, 2.75) is 20.8 Å². The van der Waals surface area contributed by atoms with Gasteiger partial charge in [-0.15, -0.1) is 11.3 Å². The maximum Gasteiger partial charge on any atom is 0.269 e. The van der Waals surface area contributed by atoms with Crippen LogP contribution in [-0.4, -0.2) is 15.7 Å². The lowest BCUT2D eigenvalue weighted by Gasteiger charge is -2.12. The number of ketones is 1. The van der Waals surface area contributed by atoms with Crippen LogP contribution >= 0.6 is 11.3 Å². The van der Waals surface area contributed by atoms with Crippen LogP contribution in [0.3, 0.4) is 0 Å². The molecule has 120 valence electrons. The predicted molar refractivity (Wildman–Crippen MR) is 89.8 cm³/mol. The van der Waals surface area contributed by atoms with Crippen molar-refractivity contribution in [2.75, 3.05) is 0 Å². The fourth-order valence-corrected chi connectivity index (χ4v) is 2.59. The van der Waals surface area contributed by atoms with Crippen LogP contribution in [0.2, 0.25) is 0 Å². The van der Waals surface area contributed by atoms with Gasteiger partial charge in [0.1, 0.15) is 0 Å². The maximum absolute atomic E-state index is 12.0. The standard InChI is InChI=1S/C16H16N2O4S/c1-16(2,3)13(19)9-14-17-15(20)12(23-14)8-10-4-6-11(7-5-10)18(21)22/h4-9H,1-3H3,(H,17,20)/b12-8+,14-9+. The molecule has 0 saturated heterocycles. The highest BCUT2D eigenvalue weighted by Crippen LogP contribution is 2.14. The molecule has 0 aliphatic carbocycles. The Kier molecular flexibility index (Phi) is 4.60. The van der Waals surface area contributed by atoms with Crippen molar-refractivity contribution in [3.8, 4) is 0 Å². The third-order valence-corrected chi connectivity index (χ3v) is 4.05. The fraction of sp³-hybridized carbons (Fsp3) is 0.250. The molecule has 0 unspecified atom stereocenters. The minimum atomic E-state index is -0.511. The zero-order valence-corrected chi connectivity index (χ0v) is 13.8. The van der Waals surface area contributed by atoms with Crippen molar-refractivity contribution < 1.29 is 9.72 Å². The summed E-state index contributed by atoms with van der Waals surface area (Å²) in [5.41, 5.74) is -0.131. The summed E-state index contributed by atoms with van der Waals surface area (Å²) in [6.45, 7) is 5.42. The number of carbonyl (C=O) groups excluding carboxylic acids is 1. The van der Waals surface area contributed by atoms with Gasteiger partial charge in [0.2, 0.25) is 0 Å². The topological polar surface area (TPSA) is 93.1 Å². The summed E-state index contributed by atoms with van der Waals surface area (Å²) in [7, 11) is 0. The lowest BCUT2D eigenvalue weighted by Crippen LogP contribution is -2.22. The molecule has 1 heterocycles. The summed E-state index contributed by atoms with van der Waals surface area (Å²) < 4.78 is 0.926. The molecule has 0 spiro atoms. The number of benzene rings is 1. The highest BCUT2D eigenvalue weighted by Gasteiger charge is 2.18. The number of nitrogens with one attached hydrogen (secondary N) is 1.